The van der Waals surface area contributed by atoms with Gasteiger partial charge in [-0.05, 0) is 43.6 Å². The third kappa shape index (κ3) is 6.46. The van der Waals surface area contributed by atoms with Gasteiger partial charge in [0.2, 0.25) is 5.91 Å². The number of carbonyl (C=O) groups excluding carboxylic acids is 1. The van der Waals surface area contributed by atoms with E-state index in [2.05, 4.69) is 44.8 Å². The van der Waals surface area contributed by atoms with Crippen LogP contribution in [0.4, 0.5) is 0 Å². The quantitative estimate of drug-likeness (QED) is 0.433. The minimum Gasteiger partial charge on any atom is -0.356 e. The lowest BCUT2D eigenvalue weighted by molar-refractivity contribution is -0.127. The van der Waals surface area contributed by atoms with Crippen molar-refractivity contribution in [2.75, 3.05) is 46.3 Å². The highest BCUT2D eigenvalue weighted by Crippen LogP contribution is 2.34. The van der Waals surface area contributed by atoms with Crippen LogP contribution in [0.2, 0.25) is 0 Å². The standard InChI is InChI=1S/C24H37N5O/c1-25-24(26-12-14-28(22-9-10-22)17-20-7-8-20)27-16-21-15-23(30)29(18-21)13-11-19-5-3-2-4-6-19/h2-6,20-22H,7-18H2,1H3,(H2,25,26,27). The summed E-state index contributed by atoms with van der Waals surface area (Å²) in [4.78, 5) is 21.4. The number of likely N-dealkylation sites (tertiary alicyclic amines) is 1. The van der Waals surface area contributed by atoms with Crippen molar-refractivity contribution in [2.45, 2.75) is 44.6 Å². The lowest BCUT2D eigenvalue weighted by Crippen LogP contribution is -2.44. The van der Waals surface area contributed by atoms with Gasteiger partial charge in [0.05, 0.1) is 0 Å². The van der Waals surface area contributed by atoms with E-state index >= 15 is 0 Å². The van der Waals surface area contributed by atoms with E-state index in [1.54, 1.807) is 0 Å². The van der Waals surface area contributed by atoms with E-state index in [1.165, 1.54) is 37.8 Å². The number of nitrogens with one attached hydrogen (secondary N) is 2. The summed E-state index contributed by atoms with van der Waals surface area (Å²) >= 11 is 0. The highest BCUT2D eigenvalue weighted by Gasteiger charge is 2.33. The Bertz CT molecular complexity index is 714. The molecule has 2 saturated carbocycles. The van der Waals surface area contributed by atoms with Crippen LogP contribution in [0.3, 0.4) is 0 Å². The molecule has 3 aliphatic rings. The Morgan fingerprint density at radius 1 is 1.13 bits per heavy atom. The molecule has 1 heterocycles. The Hall–Kier alpha value is -2.08. The van der Waals surface area contributed by atoms with Crippen LogP contribution in [0.5, 0.6) is 0 Å². The fourth-order valence-electron chi connectivity index (χ4n) is 4.39. The van der Waals surface area contributed by atoms with Crippen LogP contribution in [-0.4, -0.2) is 74.0 Å². The van der Waals surface area contributed by atoms with Gasteiger partial charge in [0.25, 0.3) is 0 Å². The van der Waals surface area contributed by atoms with E-state index in [0.29, 0.717) is 12.3 Å². The Morgan fingerprint density at radius 2 is 1.93 bits per heavy atom. The zero-order valence-corrected chi connectivity index (χ0v) is 18.4. The van der Waals surface area contributed by atoms with Crippen LogP contribution < -0.4 is 10.6 Å². The van der Waals surface area contributed by atoms with E-state index in [-0.39, 0.29) is 5.91 Å². The van der Waals surface area contributed by atoms with Crippen LogP contribution >= 0.6 is 0 Å². The molecular formula is C24H37N5O. The topological polar surface area (TPSA) is 60.0 Å². The molecule has 0 spiro atoms. The summed E-state index contributed by atoms with van der Waals surface area (Å²) in [6.45, 7) is 5.74. The number of amides is 1. The molecular weight excluding hydrogens is 374 g/mol. The first kappa shape index (κ1) is 21.2. The van der Waals surface area contributed by atoms with E-state index in [0.717, 1.165) is 57.1 Å². The zero-order valence-electron chi connectivity index (χ0n) is 18.4. The van der Waals surface area contributed by atoms with Gasteiger partial charge in [0.15, 0.2) is 5.96 Å². The van der Waals surface area contributed by atoms with Crippen molar-refractivity contribution in [1.29, 1.82) is 0 Å². The third-order valence-corrected chi connectivity index (χ3v) is 6.53. The predicted octanol–water partition coefficient (Wildman–Crippen LogP) is 2.12. The molecule has 2 aliphatic carbocycles. The number of carbonyl (C=O) groups is 1. The highest BCUT2D eigenvalue weighted by atomic mass is 16.2. The maximum atomic E-state index is 12.4. The molecule has 0 radical (unpaired) electrons. The van der Waals surface area contributed by atoms with Gasteiger partial charge in [-0.25, -0.2) is 0 Å². The van der Waals surface area contributed by atoms with Gasteiger partial charge in [0.1, 0.15) is 0 Å². The van der Waals surface area contributed by atoms with Gasteiger partial charge >= 0.3 is 0 Å². The molecule has 2 N–H and O–H groups in total. The maximum Gasteiger partial charge on any atom is 0.223 e. The molecule has 6 nitrogen and oxygen atoms in total. The third-order valence-electron chi connectivity index (χ3n) is 6.53. The van der Waals surface area contributed by atoms with E-state index in [9.17, 15) is 4.79 Å². The van der Waals surface area contributed by atoms with Crippen molar-refractivity contribution < 1.29 is 4.79 Å². The first-order valence-electron chi connectivity index (χ1n) is 11.7. The normalized spacial score (nSPS) is 22.1. The molecule has 164 valence electrons. The van der Waals surface area contributed by atoms with E-state index in [1.807, 2.05) is 18.0 Å². The molecule has 1 unspecified atom stereocenters. The summed E-state index contributed by atoms with van der Waals surface area (Å²) in [5, 5.41) is 6.91. The van der Waals surface area contributed by atoms with Crippen LogP contribution in [0.25, 0.3) is 0 Å². The van der Waals surface area contributed by atoms with Gasteiger partial charge < -0.3 is 15.5 Å². The molecule has 1 aromatic rings. The molecule has 1 amide bonds. The number of rotatable bonds is 11. The Kier molecular flexibility index (Phi) is 7.26. The van der Waals surface area contributed by atoms with Crippen LogP contribution in [0, 0.1) is 11.8 Å². The second-order valence-corrected chi connectivity index (χ2v) is 9.19. The van der Waals surface area contributed by atoms with Gasteiger partial charge in [0, 0.05) is 64.7 Å². The number of benzene rings is 1. The van der Waals surface area contributed by atoms with Gasteiger partial charge in [-0.15, -0.1) is 0 Å². The lowest BCUT2D eigenvalue weighted by Gasteiger charge is -2.23. The molecule has 4 rings (SSSR count). The summed E-state index contributed by atoms with van der Waals surface area (Å²) < 4.78 is 0. The number of nitrogens with zero attached hydrogens (tertiary/aromatic N) is 3. The minimum atomic E-state index is 0.279. The average Bonchev–Trinajstić information content (AvgIpc) is 3.68. The summed E-state index contributed by atoms with van der Waals surface area (Å²) in [7, 11) is 1.82. The van der Waals surface area contributed by atoms with Gasteiger partial charge in [-0.2, -0.15) is 0 Å². The van der Waals surface area contributed by atoms with Crippen LogP contribution in [-0.2, 0) is 11.2 Å². The van der Waals surface area contributed by atoms with Crippen molar-refractivity contribution in [3.8, 4) is 0 Å². The Balaban J connectivity index is 1.14. The van der Waals surface area contributed by atoms with Crippen LogP contribution in [0.15, 0.2) is 35.3 Å². The van der Waals surface area contributed by atoms with E-state index < -0.39 is 0 Å². The second kappa shape index (κ2) is 10.3. The molecule has 1 saturated heterocycles. The van der Waals surface area contributed by atoms with Gasteiger partial charge in [-0.1, -0.05) is 30.3 Å². The summed E-state index contributed by atoms with van der Waals surface area (Å²) in [6.07, 6.45) is 7.14. The van der Waals surface area contributed by atoms with Crippen molar-refractivity contribution >= 4 is 11.9 Å². The molecule has 0 bridgehead atoms. The Morgan fingerprint density at radius 3 is 2.63 bits per heavy atom. The number of aliphatic imine (C=N–C) groups is 1. The Labute approximate surface area is 181 Å². The SMILES string of the molecule is CN=C(NCCN(CC1CC1)C1CC1)NCC1CC(=O)N(CCc2ccccc2)C1. The molecule has 1 aromatic carbocycles. The van der Waals surface area contributed by atoms with Crippen molar-refractivity contribution in [3.05, 3.63) is 35.9 Å². The lowest BCUT2D eigenvalue weighted by atomic mass is 10.1. The molecule has 3 fully saturated rings. The van der Waals surface area contributed by atoms with Crippen molar-refractivity contribution in [2.24, 2.45) is 16.8 Å². The van der Waals surface area contributed by atoms with Crippen molar-refractivity contribution in [3.63, 3.8) is 0 Å². The molecule has 30 heavy (non-hydrogen) atoms. The first-order chi connectivity index (χ1) is 14.7. The highest BCUT2D eigenvalue weighted by molar-refractivity contribution is 5.80. The minimum absolute atomic E-state index is 0.279. The summed E-state index contributed by atoms with van der Waals surface area (Å²) in [5.41, 5.74) is 1.29. The fourth-order valence-corrected chi connectivity index (χ4v) is 4.39. The second-order valence-electron chi connectivity index (χ2n) is 9.19. The smallest absolute Gasteiger partial charge is 0.223 e. The van der Waals surface area contributed by atoms with Crippen LogP contribution in [0.1, 0.15) is 37.7 Å². The number of hydrogen-bond donors (Lipinski definition) is 2. The maximum absolute atomic E-state index is 12.4. The molecule has 1 atom stereocenters. The fraction of sp³-hybridized carbons (Fsp3) is 0.667. The summed E-state index contributed by atoms with van der Waals surface area (Å²) in [5.74, 6) is 2.44. The molecule has 1 aliphatic heterocycles. The van der Waals surface area contributed by atoms with E-state index in [4.69, 9.17) is 0 Å². The predicted molar refractivity (Wildman–Crippen MR) is 122 cm³/mol. The number of guanidine groups is 1. The molecule has 6 heteroatoms. The zero-order chi connectivity index (χ0) is 20.8. The average molecular weight is 412 g/mol. The van der Waals surface area contributed by atoms with Gasteiger partial charge in [-0.3, -0.25) is 14.7 Å². The first-order valence-corrected chi connectivity index (χ1v) is 11.7. The summed E-state index contributed by atoms with van der Waals surface area (Å²) in [6, 6.07) is 11.2. The molecule has 0 aromatic heterocycles. The van der Waals surface area contributed by atoms with Crippen molar-refractivity contribution in [1.82, 2.24) is 20.4 Å². The monoisotopic (exact) mass is 411 g/mol. The number of hydrogen-bond acceptors (Lipinski definition) is 3. The largest absolute Gasteiger partial charge is 0.356 e.